The Hall–Kier alpha value is -2.26. The van der Waals surface area contributed by atoms with Crippen LogP contribution in [0.25, 0.3) is 11.4 Å². The molecule has 28 heavy (non-hydrogen) atoms. The lowest BCUT2D eigenvalue weighted by molar-refractivity contribution is -0.141. The van der Waals surface area contributed by atoms with Crippen LogP contribution in [0.4, 0.5) is 19.0 Å². The molecule has 2 saturated heterocycles. The van der Waals surface area contributed by atoms with Crippen LogP contribution >= 0.6 is 0 Å². The van der Waals surface area contributed by atoms with Gasteiger partial charge in [0.25, 0.3) is 0 Å². The molecule has 0 aromatic carbocycles. The van der Waals surface area contributed by atoms with Crippen molar-refractivity contribution in [1.29, 1.82) is 0 Å². The van der Waals surface area contributed by atoms with E-state index >= 15 is 0 Å². The molecule has 0 amide bonds. The molecule has 150 valence electrons. The van der Waals surface area contributed by atoms with Crippen LogP contribution in [0.5, 0.6) is 0 Å². The lowest BCUT2D eigenvalue weighted by Gasteiger charge is -2.35. The Morgan fingerprint density at radius 1 is 1.14 bits per heavy atom. The molecule has 1 atom stereocenters. The third-order valence-electron chi connectivity index (χ3n) is 5.24. The van der Waals surface area contributed by atoms with Crippen molar-refractivity contribution in [2.45, 2.75) is 37.5 Å². The summed E-state index contributed by atoms with van der Waals surface area (Å²) in [5.74, 6) is 0.217. The molecule has 1 N–H and O–H groups in total. The van der Waals surface area contributed by atoms with Gasteiger partial charge in [0.2, 0.25) is 0 Å². The number of alkyl halides is 3. The fourth-order valence-corrected chi connectivity index (χ4v) is 3.72. The number of halogens is 3. The number of hydrogen-bond acceptors (Lipinski definition) is 6. The van der Waals surface area contributed by atoms with E-state index in [2.05, 4.69) is 25.2 Å². The van der Waals surface area contributed by atoms with Gasteiger partial charge in [0, 0.05) is 55.8 Å². The van der Waals surface area contributed by atoms with Gasteiger partial charge in [-0.25, -0.2) is 9.97 Å². The van der Waals surface area contributed by atoms with Gasteiger partial charge in [0.15, 0.2) is 11.5 Å². The molecule has 2 fully saturated rings. The number of aromatic nitrogens is 3. The highest BCUT2D eigenvalue weighted by atomic mass is 19.4. The molecule has 0 saturated carbocycles. The van der Waals surface area contributed by atoms with Gasteiger partial charge in [0.05, 0.1) is 6.61 Å². The Bertz CT molecular complexity index is 788. The van der Waals surface area contributed by atoms with Gasteiger partial charge in [-0.1, -0.05) is 0 Å². The Labute approximate surface area is 161 Å². The van der Waals surface area contributed by atoms with Crippen LogP contribution in [-0.2, 0) is 10.9 Å². The van der Waals surface area contributed by atoms with E-state index in [1.165, 1.54) is 6.20 Å². The highest BCUT2D eigenvalue weighted by molar-refractivity contribution is 5.56. The summed E-state index contributed by atoms with van der Waals surface area (Å²) in [6.45, 7) is 3.38. The van der Waals surface area contributed by atoms with Crippen molar-refractivity contribution >= 4 is 5.82 Å². The van der Waals surface area contributed by atoms with Crippen molar-refractivity contribution in [2.24, 2.45) is 0 Å². The van der Waals surface area contributed by atoms with Gasteiger partial charge in [-0.15, -0.1) is 0 Å². The second-order valence-electron chi connectivity index (χ2n) is 7.17. The largest absolute Gasteiger partial charge is 0.433 e. The number of nitrogens with zero attached hydrogens (tertiary/aromatic N) is 4. The molecule has 0 aliphatic carbocycles. The molecule has 0 radical (unpaired) electrons. The van der Waals surface area contributed by atoms with Crippen LogP contribution in [0.1, 0.15) is 25.0 Å². The van der Waals surface area contributed by atoms with E-state index in [-0.39, 0.29) is 17.7 Å². The maximum atomic E-state index is 13.3. The minimum absolute atomic E-state index is 0.0194. The third-order valence-corrected chi connectivity index (χ3v) is 5.24. The molecule has 2 aliphatic rings. The van der Waals surface area contributed by atoms with Crippen LogP contribution in [0.3, 0.4) is 0 Å². The quantitative estimate of drug-likeness (QED) is 0.861. The smallest absolute Gasteiger partial charge is 0.380 e. The van der Waals surface area contributed by atoms with Crippen molar-refractivity contribution in [1.82, 2.24) is 19.9 Å². The van der Waals surface area contributed by atoms with Crippen LogP contribution < -0.4 is 5.32 Å². The summed E-state index contributed by atoms with van der Waals surface area (Å²) in [6, 6.07) is 4.82. The fraction of sp³-hybridized carbons (Fsp3) is 0.526. The van der Waals surface area contributed by atoms with Crippen LogP contribution in [-0.4, -0.2) is 58.2 Å². The molecule has 9 heteroatoms. The van der Waals surface area contributed by atoms with Gasteiger partial charge in [-0.05, 0) is 31.4 Å². The number of pyridine rings is 1. The van der Waals surface area contributed by atoms with Gasteiger partial charge < -0.3 is 10.1 Å². The highest BCUT2D eigenvalue weighted by Crippen LogP contribution is 2.31. The SMILES string of the molecule is FC(F)(F)c1cc(NC2CCN(C3CCOC3)CC2)nc(-c2cccnc2)n1. The first-order valence-electron chi connectivity index (χ1n) is 9.44. The van der Waals surface area contributed by atoms with Crippen LogP contribution in [0.15, 0.2) is 30.6 Å². The van der Waals surface area contributed by atoms with E-state index in [1.54, 1.807) is 18.3 Å². The van der Waals surface area contributed by atoms with Crippen molar-refractivity contribution in [3.8, 4) is 11.4 Å². The molecule has 0 spiro atoms. The highest BCUT2D eigenvalue weighted by Gasteiger charge is 2.34. The van der Waals surface area contributed by atoms with E-state index in [0.29, 0.717) is 11.6 Å². The first-order chi connectivity index (χ1) is 13.5. The van der Waals surface area contributed by atoms with Crippen molar-refractivity contribution in [3.05, 3.63) is 36.3 Å². The summed E-state index contributed by atoms with van der Waals surface area (Å²) in [5, 5.41) is 3.19. The number of hydrogen-bond donors (Lipinski definition) is 1. The Kier molecular flexibility index (Phi) is 5.45. The zero-order valence-electron chi connectivity index (χ0n) is 15.3. The lowest BCUT2D eigenvalue weighted by Crippen LogP contribution is -2.45. The van der Waals surface area contributed by atoms with E-state index in [9.17, 15) is 13.2 Å². The molecule has 4 rings (SSSR count). The number of ether oxygens (including phenoxy) is 1. The number of likely N-dealkylation sites (tertiary alicyclic amines) is 1. The summed E-state index contributed by atoms with van der Waals surface area (Å²) < 4.78 is 45.4. The van der Waals surface area contributed by atoms with E-state index in [1.807, 2.05) is 0 Å². The Morgan fingerprint density at radius 3 is 2.61 bits per heavy atom. The van der Waals surface area contributed by atoms with E-state index in [4.69, 9.17) is 4.74 Å². The predicted molar refractivity (Wildman–Crippen MR) is 97.7 cm³/mol. The van der Waals surface area contributed by atoms with E-state index in [0.717, 1.165) is 51.6 Å². The monoisotopic (exact) mass is 393 g/mol. The fourth-order valence-electron chi connectivity index (χ4n) is 3.72. The molecule has 2 aliphatic heterocycles. The summed E-state index contributed by atoms with van der Waals surface area (Å²) >= 11 is 0. The normalized spacial score (nSPS) is 21.8. The third kappa shape index (κ3) is 4.41. The second-order valence-corrected chi connectivity index (χ2v) is 7.17. The minimum atomic E-state index is -4.54. The van der Waals surface area contributed by atoms with Crippen molar-refractivity contribution < 1.29 is 17.9 Å². The predicted octanol–water partition coefficient (Wildman–Crippen LogP) is 3.22. The van der Waals surface area contributed by atoms with Crippen LogP contribution in [0, 0.1) is 0 Å². The summed E-state index contributed by atoms with van der Waals surface area (Å²) in [5.41, 5.74) is -0.503. The maximum absolute atomic E-state index is 13.3. The first-order valence-corrected chi connectivity index (χ1v) is 9.44. The number of piperidine rings is 1. The molecular weight excluding hydrogens is 371 g/mol. The minimum Gasteiger partial charge on any atom is -0.380 e. The topological polar surface area (TPSA) is 63.2 Å². The molecule has 2 aromatic heterocycles. The average molecular weight is 393 g/mol. The van der Waals surface area contributed by atoms with Gasteiger partial charge in [-0.2, -0.15) is 13.2 Å². The number of nitrogens with one attached hydrogen (secondary N) is 1. The Morgan fingerprint density at radius 2 is 1.96 bits per heavy atom. The maximum Gasteiger partial charge on any atom is 0.433 e. The van der Waals surface area contributed by atoms with Gasteiger partial charge in [0.1, 0.15) is 5.82 Å². The second kappa shape index (κ2) is 8.00. The average Bonchev–Trinajstić information content (AvgIpc) is 3.23. The zero-order valence-corrected chi connectivity index (χ0v) is 15.3. The molecule has 2 aromatic rings. The molecule has 0 bridgehead atoms. The zero-order chi connectivity index (χ0) is 19.6. The van der Waals surface area contributed by atoms with E-state index < -0.39 is 11.9 Å². The standard InChI is InChI=1S/C19H22F3N5O/c20-19(21,22)16-10-17(26-18(25-16)13-2-1-6-23-11-13)24-14-3-7-27(8-4-14)15-5-9-28-12-15/h1-2,6,10-11,14-15H,3-5,7-9,12H2,(H,24,25,26). The molecular formula is C19H22F3N5O. The summed E-state index contributed by atoms with van der Waals surface area (Å²) in [7, 11) is 0. The Balaban J connectivity index is 1.49. The summed E-state index contributed by atoms with van der Waals surface area (Å²) in [4.78, 5) is 14.4. The molecule has 1 unspecified atom stereocenters. The van der Waals surface area contributed by atoms with Crippen LogP contribution in [0.2, 0.25) is 0 Å². The molecule has 4 heterocycles. The first kappa shape index (κ1) is 19.1. The molecule has 6 nitrogen and oxygen atoms in total. The van der Waals surface area contributed by atoms with Gasteiger partial charge in [-0.3, -0.25) is 9.88 Å². The van der Waals surface area contributed by atoms with Crippen molar-refractivity contribution in [3.63, 3.8) is 0 Å². The van der Waals surface area contributed by atoms with Crippen molar-refractivity contribution in [2.75, 3.05) is 31.6 Å². The number of anilines is 1. The lowest BCUT2D eigenvalue weighted by atomic mass is 10.0. The van der Waals surface area contributed by atoms with Gasteiger partial charge >= 0.3 is 6.18 Å². The summed E-state index contributed by atoms with van der Waals surface area (Å²) in [6.07, 6.45) is 1.23. The number of rotatable bonds is 4.